The molecule has 11 heteroatoms. The molecule has 0 saturated carbocycles. The normalized spacial score (nSPS) is 17.5. The summed E-state index contributed by atoms with van der Waals surface area (Å²) in [6, 6.07) is 5.06. The molecular formula is C26H32ClFN4O5. The van der Waals surface area contributed by atoms with Gasteiger partial charge < -0.3 is 29.3 Å². The molecule has 37 heavy (non-hydrogen) atoms. The summed E-state index contributed by atoms with van der Waals surface area (Å²) in [4.78, 5) is 32.9. The van der Waals surface area contributed by atoms with Crippen molar-refractivity contribution in [3.63, 3.8) is 0 Å². The Labute approximate surface area is 220 Å². The molecular weight excluding hydrogens is 503 g/mol. The molecule has 2 aliphatic rings. The number of carbonyl (C=O) groups excluding carboxylic acids is 2. The van der Waals surface area contributed by atoms with E-state index in [1.165, 1.54) is 12.0 Å². The van der Waals surface area contributed by atoms with Gasteiger partial charge in [0.05, 0.1) is 26.3 Å². The lowest BCUT2D eigenvalue weighted by molar-refractivity contribution is 0.0206. The van der Waals surface area contributed by atoms with Gasteiger partial charge in [0, 0.05) is 42.9 Å². The largest absolute Gasteiger partial charge is 0.497 e. The third-order valence-corrected chi connectivity index (χ3v) is 6.58. The van der Waals surface area contributed by atoms with Crippen LogP contribution in [0.5, 0.6) is 11.5 Å². The summed E-state index contributed by atoms with van der Waals surface area (Å²) in [5.74, 6) is 0.132. The Balaban J connectivity index is 1.50. The van der Waals surface area contributed by atoms with Crippen LogP contribution >= 0.6 is 11.6 Å². The number of anilines is 1. The first-order chi connectivity index (χ1) is 17.5. The second-order valence-corrected chi connectivity index (χ2v) is 10.5. The lowest BCUT2D eigenvalue weighted by Gasteiger charge is -2.34. The Morgan fingerprint density at radius 1 is 1.27 bits per heavy atom. The molecule has 0 spiro atoms. The van der Waals surface area contributed by atoms with E-state index < -0.39 is 23.4 Å². The Hall–Kier alpha value is -3.27. The van der Waals surface area contributed by atoms with Gasteiger partial charge in [-0.1, -0.05) is 11.6 Å². The molecule has 2 aliphatic heterocycles. The van der Waals surface area contributed by atoms with E-state index >= 15 is 4.39 Å². The monoisotopic (exact) mass is 534 g/mol. The lowest BCUT2D eigenvalue weighted by Crippen LogP contribution is -2.47. The number of fused-ring (bicyclic) bond motifs is 1. The minimum Gasteiger partial charge on any atom is -0.497 e. The number of methoxy groups -OCH3 is 2. The van der Waals surface area contributed by atoms with E-state index in [-0.39, 0.29) is 41.2 Å². The molecule has 0 radical (unpaired) electrons. The average molecular weight is 535 g/mol. The maximum atomic E-state index is 15.6. The molecule has 2 aromatic rings. The van der Waals surface area contributed by atoms with Crippen LogP contribution in [0.25, 0.3) is 0 Å². The second kappa shape index (κ2) is 10.6. The highest BCUT2D eigenvalue weighted by Crippen LogP contribution is 2.36. The van der Waals surface area contributed by atoms with Crippen molar-refractivity contribution >= 4 is 29.4 Å². The zero-order valence-corrected chi connectivity index (χ0v) is 22.4. The SMILES string of the molecule is COc1ccc(CN2Cc3c(F)c(N[C@@H]4CCCN(C(=O)OC(C)(C)C)C4)nc(Cl)c3C2=O)c(OC)c1. The molecule has 0 unspecified atom stereocenters. The van der Waals surface area contributed by atoms with Gasteiger partial charge in [-0.2, -0.15) is 0 Å². The number of piperidine rings is 1. The van der Waals surface area contributed by atoms with Crippen LogP contribution in [-0.4, -0.2) is 65.7 Å². The van der Waals surface area contributed by atoms with Crippen molar-refractivity contribution in [1.82, 2.24) is 14.8 Å². The van der Waals surface area contributed by atoms with Gasteiger partial charge in [-0.15, -0.1) is 0 Å². The molecule has 1 aromatic carbocycles. The van der Waals surface area contributed by atoms with Gasteiger partial charge in [0.2, 0.25) is 0 Å². The highest BCUT2D eigenvalue weighted by molar-refractivity contribution is 6.33. The van der Waals surface area contributed by atoms with Gasteiger partial charge in [0.25, 0.3) is 5.91 Å². The van der Waals surface area contributed by atoms with Gasteiger partial charge in [-0.3, -0.25) is 4.79 Å². The van der Waals surface area contributed by atoms with Crippen LogP contribution < -0.4 is 14.8 Å². The van der Waals surface area contributed by atoms with E-state index in [4.69, 9.17) is 25.8 Å². The number of hydrogen-bond acceptors (Lipinski definition) is 7. The zero-order chi connectivity index (χ0) is 26.9. The topological polar surface area (TPSA) is 93.2 Å². The first kappa shape index (κ1) is 26.8. The van der Waals surface area contributed by atoms with Crippen molar-refractivity contribution in [2.75, 3.05) is 32.6 Å². The molecule has 9 nitrogen and oxygen atoms in total. The van der Waals surface area contributed by atoms with Crippen LogP contribution in [0.15, 0.2) is 18.2 Å². The number of ether oxygens (including phenoxy) is 3. The fraction of sp³-hybridized carbons (Fsp3) is 0.500. The molecule has 200 valence electrons. The molecule has 1 saturated heterocycles. The quantitative estimate of drug-likeness (QED) is 0.529. The molecule has 1 aromatic heterocycles. The fourth-order valence-electron chi connectivity index (χ4n) is 4.56. The third-order valence-electron chi connectivity index (χ3n) is 6.31. The van der Waals surface area contributed by atoms with Gasteiger partial charge in [-0.05, 0) is 45.7 Å². The Morgan fingerprint density at radius 3 is 2.70 bits per heavy atom. The first-order valence-corrected chi connectivity index (χ1v) is 12.5. The maximum absolute atomic E-state index is 15.6. The smallest absolute Gasteiger partial charge is 0.410 e. The molecule has 0 bridgehead atoms. The summed E-state index contributed by atoms with van der Waals surface area (Å²) >= 11 is 6.39. The van der Waals surface area contributed by atoms with Crippen LogP contribution in [0.1, 0.15) is 55.1 Å². The standard InChI is InChI=1S/C26H32ClFN4O5/c1-26(2,3)37-25(34)31-10-6-7-16(13-31)29-23-21(28)18-14-32(24(33)20(18)22(27)30-23)12-15-8-9-17(35-4)11-19(15)36-5/h8-9,11,16H,6-7,10,12-14H2,1-5H3,(H,29,30)/t16-/m1/s1. The van der Waals surface area contributed by atoms with Crippen LogP contribution in [0.3, 0.4) is 0 Å². The molecule has 3 heterocycles. The number of hydrogen-bond donors (Lipinski definition) is 1. The highest BCUT2D eigenvalue weighted by atomic mass is 35.5. The van der Waals surface area contributed by atoms with Crippen LogP contribution in [0, 0.1) is 5.82 Å². The number of amides is 2. The molecule has 4 rings (SSSR count). The van der Waals surface area contributed by atoms with E-state index in [9.17, 15) is 9.59 Å². The molecule has 0 aliphatic carbocycles. The van der Waals surface area contributed by atoms with Crippen molar-refractivity contribution in [2.24, 2.45) is 0 Å². The molecule has 1 N–H and O–H groups in total. The van der Waals surface area contributed by atoms with Crippen molar-refractivity contribution in [2.45, 2.75) is 58.3 Å². The van der Waals surface area contributed by atoms with Crippen molar-refractivity contribution in [3.8, 4) is 11.5 Å². The Morgan fingerprint density at radius 2 is 2.03 bits per heavy atom. The third kappa shape index (κ3) is 5.84. The van der Waals surface area contributed by atoms with E-state index in [0.29, 0.717) is 24.6 Å². The van der Waals surface area contributed by atoms with Crippen molar-refractivity contribution in [3.05, 3.63) is 45.9 Å². The number of nitrogens with one attached hydrogen (secondary N) is 1. The van der Waals surface area contributed by atoms with Crippen LogP contribution in [0.4, 0.5) is 15.0 Å². The fourth-order valence-corrected chi connectivity index (χ4v) is 4.84. The summed E-state index contributed by atoms with van der Waals surface area (Å²) in [7, 11) is 3.09. The van der Waals surface area contributed by atoms with Crippen LogP contribution in [-0.2, 0) is 17.8 Å². The molecule has 1 atom stereocenters. The predicted molar refractivity (Wildman–Crippen MR) is 137 cm³/mol. The van der Waals surface area contributed by atoms with E-state index in [0.717, 1.165) is 18.4 Å². The Bertz CT molecular complexity index is 1200. The minimum atomic E-state index is -0.619. The number of likely N-dealkylation sites (tertiary alicyclic amines) is 1. The summed E-state index contributed by atoms with van der Waals surface area (Å²) in [5.41, 5.74) is 0.403. The Kier molecular flexibility index (Phi) is 7.68. The van der Waals surface area contributed by atoms with E-state index in [1.54, 1.807) is 30.2 Å². The summed E-state index contributed by atoms with van der Waals surface area (Å²) in [5, 5.41) is 3.03. The van der Waals surface area contributed by atoms with Gasteiger partial charge in [-0.25, -0.2) is 14.2 Å². The molecule has 1 fully saturated rings. The van der Waals surface area contributed by atoms with Crippen LogP contribution in [0.2, 0.25) is 5.15 Å². The molecule has 2 amide bonds. The number of aromatic nitrogens is 1. The average Bonchev–Trinajstić information content (AvgIpc) is 3.18. The number of carbonyl (C=O) groups is 2. The second-order valence-electron chi connectivity index (χ2n) is 10.2. The first-order valence-electron chi connectivity index (χ1n) is 12.1. The van der Waals surface area contributed by atoms with Crippen molar-refractivity contribution < 1.29 is 28.2 Å². The predicted octanol–water partition coefficient (Wildman–Crippen LogP) is 4.86. The van der Waals surface area contributed by atoms with Gasteiger partial charge in [0.1, 0.15) is 22.3 Å². The number of rotatable bonds is 6. The van der Waals surface area contributed by atoms with Gasteiger partial charge >= 0.3 is 6.09 Å². The lowest BCUT2D eigenvalue weighted by atomic mass is 10.1. The number of halogens is 2. The zero-order valence-electron chi connectivity index (χ0n) is 21.7. The van der Waals surface area contributed by atoms with Crippen molar-refractivity contribution in [1.29, 1.82) is 0 Å². The maximum Gasteiger partial charge on any atom is 0.410 e. The van der Waals surface area contributed by atoms with Gasteiger partial charge in [0.15, 0.2) is 11.6 Å². The summed E-state index contributed by atoms with van der Waals surface area (Å²) in [6.07, 6.45) is 1.04. The summed E-state index contributed by atoms with van der Waals surface area (Å²) in [6.45, 7) is 6.58. The summed E-state index contributed by atoms with van der Waals surface area (Å²) < 4.78 is 31.7. The number of benzene rings is 1. The number of nitrogens with zero attached hydrogens (tertiary/aromatic N) is 3. The highest BCUT2D eigenvalue weighted by Gasteiger charge is 2.36. The van der Waals surface area contributed by atoms with E-state index in [1.807, 2.05) is 20.8 Å². The van der Waals surface area contributed by atoms with E-state index in [2.05, 4.69) is 10.3 Å². The minimum absolute atomic E-state index is 0.0310. The number of pyridine rings is 1.